The fraction of sp³-hybridized carbons (Fsp3) is 0.643. The lowest BCUT2D eigenvalue weighted by Gasteiger charge is -2.19. The summed E-state index contributed by atoms with van der Waals surface area (Å²) in [5, 5.41) is 5.33. The second kappa shape index (κ2) is 7.40. The van der Waals surface area contributed by atoms with Crippen LogP contribution in [0.2, 0.25) is 0 Å². The summed E-state index contributed by atoms with van der Waals surface area (Å²) in [5.74, 6) is -0.654. The second-order valence-corrected chi connectivity index (χ2v) is 5.86. The van der Waals surface area contributed by atoms with E-state index in [-0.39, 0.29) is 11.9 Å². The average molecular weight is 314 g/mol. The summed E-state index contributed by atoms with van der Waals surface area (Å²) in [6.45, 7) is 9.42. The summed E-state index contributed by atoms with van der Waals surface area (Å²) in [4.78, 5) is 27.9. The van der Waals surface area contributed by atoms with Gasteiger partial charge in [-0.15, -0.1) is 11.3 Å². The number of nitrogens with one attached hydrogen (secondary N) is 1. The van der Waals surface area contributed by atoms with Crippen molar-refractivity contribution in [1.29, 1.82) is 0 Å². The van der Waals surface area contributed by atoms with Crippen molar-refractivity contribution in [1.82, 2.24) is 4.98 Å². The van der Waals surface area contributed by atoms with Gasteiger partial charge in [0, 0.05) is 5.38 Å². The number of aromatic nitrogens is 1. The van der Waals surface area contributed by atoms with E-state index in [0.717, 1.165) is 0 Å². The number of thiazole rings is 1. The van der Waals surface area contributed by atoms with Crippen LogP contribution in [0.5, 0.6) is 0 Å². The van der Waals surface area contributed by atoms with E-state index >= 15 is 0 Å². The lowest BCUT2D eigenvalue weighted by Crippen LogP contribution is -2.32. The summed E-state index contributed by atoms with van der Waals surface area (Å²) in [6.07, 6.45) is 0. The highest BCUT2D eigenvalue weighted by atomic mass is 32.1. The molecule has 1 aromatic rings. The molecule has 0 fully saturated rings. The van der Waals surface area contributed by atoms with E-state index in [1.165, 1.54) is 11.3 Å². The van der Waals surface area contributed by atoms with Crippen molar-refractivity contribution in [3.8, 4) is 0 Å². The zero-order valence-corrected chi connectivity index (χ0v) is 13.9. The molecule has 1 unspecified atom stereocenters. The molecule has 0 aromatic carbocycles. The molecule has 118 valence electrons. The maximum Gasteiger partial charge on any atom is 0.328 e. The zero-order chi connectivity index (χ0) is 16.0. The van der Waals surface area contributed by atoms with Crippen LogP contribution in [-0.4, -0.2) is 36.2 Å². The molecular formula is C14H22N2O4S. The van der Waals surface area contributed by atoms with Crippen molar-refractivity contribution in [3.63, 3.8) is 0 Å². The van der Waals surface area contributed by atoms with E-state index in [9.17, 15) is 9.59 Å². The van der Waals surface area contributed by atoms with Gasteiger partial charge in [-0.1, -0.05) is 0 Å². The van der Waals surface area contributed by atoms with Crippen molar-refractivity contribution in [2.75, 3.05) is 18.5 Å². The first-order valence-corrected chi connectivity index (χ1v) is 7.77. The Kier molecular flexibility index (Phi) is 6.14. The van der Waals surface area contributed by atoms with E-state index in [1.54, 1.807) is 40.0 Å². The first-order chi connectivity index (χ1) is 9.82. The van der Waals surface area contributed by atoms with Gasteiger partial charge in [0.2, 0.25) is 0 Å². The Morgan fingerprint density at radius 2 is 1.95 bits per heavy atom. The standard InChI is InChI=1S/C14H22N2O4S/c1-6-19-11(17)9(3)15-13-16-10(8-21-13)14(4,5)12(18)20-7-2/h8-9H,6-7H2,1-5H3,(H,15,16). The Morgan fingerprint density at radius 1 is 1.33 bits per heavy atom. The Balaban J connectivity index is 2.77. The SMILES string of the molecule is CCOC(=O)C(C)Nc1nc(C(C)(C)C(=O)OCC)cs1. The van der Waals surface area contributed by atoms with E-state index in [2.05, 4.69) is 10.3 Å². The Bertz CT molecular complexity index is 499. The predicted octanol–water partition coefficient (Wildman–Crippen LogP) is 2.35. The first-order valence-electron chi connectivity index (χ1n) is 6.89. The van der Waals surface area contributed by atoms with Crippen molar-refractivity contribution in [3.05, 3.63) is 11.1 Å². The highest BCUT2D eigenvalue weighted by Crippen LogP contribution is 2.28. The molecule has 21 heavy (non-hydrogen) atoms. The highest BCUT2D eigenvalue weighted by molar-refractivity contribution is 7.13. The van der Waals surface area contributed by atoms with Crippen molar-refractivity contribution in [2.24, 2.45) is 0 Å². The van der Waals surface area contributed by atoms with E-state index in [0.29, 0.717) is 24.0 Å². The largest absolute Gasteiger partial charge is 0.465 e. The molecule has 0 spiro atoms. The summed E-state index contributed by atoms with van der Waals surface area (Å²) in [7, 11) is 0. The van der Waals surface area contributed by atoms with E-state index in [4.69, 9.17) is 9.47 Å². The van der Waals surface area contributed by atoms with Gasteiger partial charge in [0.05, 0.1) is 18.9 Å². The van der Waals surface area contributed by atoms with Crippen molar-refractivity contribution >= 4 is 28.4 Å². The average Bonchev–Trinajstić information content (AvgIpc) is 2.88. The molecule has 0 amide bonds. The van der Waals surface area contributed by atoms with Crippen molar-refractivity contribution < 1.29 is 19.1 Å². The van der Waals surface area contributed by atoms with Crippen LogP contribution in [0.1, 0.15) is 40.3 Å². The van der Waals surface area contributed by atoms with Crippen LogP contribution in [0, 0.1) is 0 Å². The van der Waals surface area contributed by atoms with Gasteiger partial charge in [0.15, 0.2) is 5.13 Å². The van der Waals surface area contributed by atoms with Gasteiger partial charge in [0.25, 0.3) is 0 Å². The zero-order valence-electron chi connectivity index (χ0n) is 13.1. The molecule has 0 saturated heterocycles. The van der Waals surface area contributed by atoms with Gasteiger partial charge >= 0.3 is 11.9 Å². The Labute approximate surface area is 128 Å². The van der Waals surface area contributed by atoms with Gasteiger partial charge in [0.1, 0.15) is 11.5 Å². The lowest BCUT2D eigenvalue weighted by atomic mass is 9.90. The van der Waals surface area contributed by atoms with Gasteiger partial charge < -0.3 is 14.8 Å². The maximum absolute atomic E-state index is 11.9. The van der Waals surface area contributed by atoms with Crippen LogP contribution in [-0.2, 0) is 24.5 Å². The third-order valence-corrected chi connectivity index (χ3v) is 3.68. The summed E-state index contributed by atoms with van der Waals surface area (Å²) in [5.41, 5.74) is -0.205. The second-order valence-electron chi connectivity index (χ2n) is 5.00. The summed E-state index contributed by atoms with van der Waals surface area (Å²) < 4.78 is 9.97. The van der Waals surface area contributed by atoms with Crippen LogP contribution in [0.3, 0.4) is 0 Å². The van der Waals surface area contributed by atoms with Crippen LogP contribution in [0.4, 0.5) is 5.13 Å². The van der Waals surface area contributed by atoms with Crippen LogP contribution in [0.15, 0.2) is 5.38 Å². The summed E-state index contributed by atoms with van der Waals surface area (Å²) >= 11 is 1.34. The number of esters is 2. The number of hydrogen-bond acceptors (Lipinski definition) is 7. The van der Waals surface area contributed by atoms with Gasteiger partial charge in [-0.2, -0.15) is 0 Å². The quantitative estimate of drug-likeness (QED) is 0.778. The molecule has 1 rings (SSSR count). The van der Waals surface area contributed by atoms with E-state index < -0.39 is 11.5 Å². The highest BCUT2D eigenvalue weighted by Gasteiger charge is 2.34. The van der Waals surface area contributed by atoms with Gasteiger partial charge in [-0.3, -0.25) is 4.79 Å². The molecule has 0 aliphatic carbocycles. The van der Waals surface area contributed by atoms with Crippen LogP contribution < -0.4 is 5.32 Å². The molecule has 1 aromatic heterocycles. The molecule has 0 bridgehead atoms. The topological polar surface area (TPSA) is 77.5 Å². The molecule has 6 nitrogen and oxygen atoms in total. The van der Waals surface area contributed by atoms with Crippen LogP contribution in [0.25, 0.3) is 0 Å². The number of rotatable bonds is 7. The van der Waals surface area contributed by atoms with Crippen LogP contribution >= 0.6 is 11.3 Å². The molecule has 1 heterocycles. The number of anilines is 1. The third kappa shape index (κ3) is 4.42. The van der Waals surface area contributed by atoms with Gasteiger partial charge in [-0.25, -0.2) is 9.78 Å². The molecule has 1 atom stereocenters. The van der Waals surface area contributed by atoms with Crippen molar-refractivity contribution in [2.45, 2.75) is 46.1 Å². The number of ether oxygens (including phenoxy) is 2. The minimum atomic E-state index is -0.820. The molecule has 0 aliphatic rings. The third-order valence-electron chi connectivity index (χ3n) is 2.91. The number of hydrogen-bond donors (Lipinski definition) is 1. The molecule has 0 radical (unpaired) electrons. The lowest BCUT2D eigenvalue weighted by molar-refractivity contribution is -0.149. The minimum Gasteiger partial charge on any atom is -0.465 e. The molecule has 1 N–H and O–H groups in total. The number of carbonyl (C=O) groups is 2. The first kappa shape index (κ1) is 17.4. The summed E-state index contributed by atoms with van der Waals surface area (Å²) in [6, 6.07) is -0.491. The molecule has 0 aliphatic heterocycles. The Hall–Kier alpha value is -1.63. The fourth-order valence-electron chi connectivity index (χ4n) is 1.55. The number of carbonyl (C=O) groups excluding carboxylic acids is 2. The fourth-order valence-corrected chi connectivity index (χ4v) is 2.52. The predicted molar refractivity (Wildman–Crippen MR) is 81.5 cm³/mol. The maximum atomic E-state index is 11.9. The molecule has 0 saturated carbocycles. The normalized spacial score (nSPS) is 12.6. The smallest absolute Gasteiger partial charge is 0.328 e. The molecule has 7 heteroatoms. The van der Waals surface area contributed by atoms with Gasteiger partial charge in [-0.05, 0) is 34.6 Å². The minimum absolute atomic E-state index is 0.319. The van der Waals surface area contributed by atoms with E-state index in [1.807, 2.05) is 0 Å². The number of nitrogens with zero attached hydrogens (tertiary/aromatic N) is 1. The molecular weight excluding hydrogens is 292 g/mol. The monoisotopic (exact) mass is 314 g/mol. The Morgan fingerprint density at radius 3 is 2.52 bits per heavy atom.